The molecule has 2 fully saturated rings. The monoisotopic (exact) mass is 519 g/mol. The van der Waals surface area contributed by atoms with E-state index < -0.39 is 11.4 Å². The van der Waals surface area contributed by atoms with Gasteiger partial charge in [-0.05, 0) is 37.0 Å². The zero-order chi connectivity index (χ0) is 25.5. The van der Waals surface area contributed by atoms with E-state index in [1.54, 1.807) is 4.90 Å². The average molecular weight is 520 g/mol. The maximum Gasteiger partial charge on any atom is 0.409 e. The number of hydrogen-bond donors (Lipinski definition) is 0. The molecule has 10 nitrogen and oxygen atoms in total. The Morgan fingerprint density at radius 3 is 2.44 bits per heavy atom. The molecule has 0 spiro atoms. The maximum atomic E-state index is 12.2. The van der Waals surface area contributed by atoms with E-state index in [0.717, 1.165) is 12.0 Å². The number of carbonyl (C=O) groups excluding carboxylic acids is 1. The topological polar surface area (TPSA) is 109 Å². The summed E-state index contributed by atoms with van der Waals surface area (Å²) in [5, 5.41) is 0. The number of ether oxygens (including phenoxy) is 3. The molecule has 1 amide bonds. The molecule has 2 saturated heterocycles. The van der Waals surface area contributed by atoms with Crippen LogP contribution >= 0.6 is 0 Å². The van der Waals surface area contributed by atoms with Crippen LogP contribution in [0.1, 0.15) is 37.8 Å². The summed E-state index contributed by atoms with van der Waals surface area (Å²) in [4.78, 5) is 22.5. The van der Waals surface area contributed by atoms with Crippen molar-refractivity contribution >= 4 is 17.5 Å². The van der Waals surface area contributed by atoms with E-state index in [0.29, 0.717) is 74.7 Å². The molecule has 1 aromatic carbocycles. The van der Waals surface area contributed by atoms with Gasteiger partial charge in [-0.25, -0.2) is 14.8 Å². The minimum Gasteiger partial charge on any atom is -0.474 e. The first kappa shape index (κ1) is 26.3. The van der Waals surface area contributed by atoms with Crippen molar-refractivity contribution in [1.82, 2.24) is 14.9 Å². The Balaban J connectivity index is 1.29. The van der Waals surface area contributed by atoms with Crippen molar-refractivity contribution in [2.24, 2.45) is 11.8 Å². The number of nitrogens with zero attached hydrogens (tertiary/aromatic N) is 3. The van der Waals surface area contributed by atoms with E-state index in [1.807, 2.05) is 45.0 Å². The standard InChI is InChI=1S/C25H33N3O7S/c1-17(2)13-31-25(29)28-10-8-22(9-11-28)35-24-18(3)23(26-16-27-24)34-21-6-4-19(5-7-21)12-20-14-32-36(30)33-15-20/h4-7,16-17,20,22H,8-15H2,1-3H3/t20-,36-. The van der Waals surface area contributed by atoms with Crippen molar-refractivity contribution in [2.75, 3.05) is 32.9 Å². The van der Waals surface area contributed by atoms with Gasteiger partial charge in [0.15, 0.2) is 0 Å². The van der Waals surface area contributed by atoms with Crippen LogP contribution in [-0.4, -0.2) is 64.2 Å². The number of rotatable bonds is 8. The number of benzene rings is 1. The first-order valence-electron chi connectivity index (χ1n) is 12.2. The summed E-state index contributed by atoms with van der Waals surface area (Å²) in [5.74, 6) is 2.03. The molecular formula is C25H33N3O7S. The van der Waals surface area contributed by atoms with Gasteiger partial charge in [0.2, 0.25) is 11.8 Å². The lowest BCUT2D eigenvalue weighted by Crippen LogP contribution is -2.42. The Kier molecular flexibility index (Phi) is 9.11. The molecule has 0 unspecified atom stereocenters. The molecule has 0 radical (unpaired) electrons. The van der Waals surface area contributed by atoms with Gasteiger partial charge in [0, 0.05) is 31.8 Å². The Morgan fingerprint density at radius 1 is 1.11 bits per heavy atom. The first-order chi connectivity index (χ1) is 17.4. The van der Waals surface area contributed by atoms with Gasteiger partial charge in [-0.2, -0.15) is 4.21 Å². The summed E-state index contributed by atoms with van der Waals surface area (Å²) in [7, 11) is 0. The third kappa shape index (κ3) is 7.37. The molecule has 0 aliphatic carbocycles. The number of aromatic nitrogens is 2. The third-order valence-corrected chi connectivity index (χ3v) is 6.63. The lowest BCUT2D eigenvalue weighted by atomic mass is 10.0. The Morgan fingerprint density at radius 2 is 1.78 bits per heavy atom. The predicted octanol–water partition coefficient (Wildman–Crippen LogP) is 4.00. The molecule has 11 heteroatoms. The summed E-state index contributed by atoms with van der Waals surface area (Å²) in [6.07, 6.45) is 3.27. The van der Waals surface area contributed by atoms with Gasteiger partial charge in [-0.15, -0.1) is 0 Å². The van der Waals surface area contributed by atoms with E-state index in [-0.39, 0.29) is 18.1 Å². The average Bonchev–Trinajstić information content (AvgIpc) is 2.88. The number of amides is 1. The highest BCUT2D eigenvalue weighted by Crippen LogP contribution is 2.29. The normalized spacial score (nSPS) is 20.8. The quantitative estimate of drug-likeness (QED) is 0.511. The maximum absolute atomic E-state index is 12.2. The molecule has 1 aromatic heterocycles. The van der Waals surface area contributed by atoms with Gasteiger partial charge in [-0.3, -0.25) is 8.37 Å². The van der Waals surface area contributed by atoms with Crippen LogP contribution in [0, 0.1) is 18.8 Å². The highest BCUT2D eigenvalue weighted by molar-refractivity contribution is 7.75. The zero-order valence-corrected chi connectivity index (χ0v) is 21.7. The van der Waals surface area contributed by atoms with E-state index in [1.165, 1.54) is 6.33 Å². The minimum atomic E-state index is -1.62. The largest absolute Gasteiger partial charge is 0.474 e. The van der Waals surface area contributed by atoms with E-state index in [4.69, 9.17) is 22.6 Å². The molecule has 2 aliphatic rings. The summed E-state index contributed by atoms with van der Waals surface area (Å²) < 4.78 is 38.7. The van der Waals surface area contributed by atoms with Gasteiger partial charge in [0.25, 0.3) is 0 Å². The molecule has 3 heterocycles. The van der Waals surface area contributed by atoms with Crippen LogP contribution in [0.2, 0.25) is 0 Å². The second kappa shape index (κ2) is 12.5. The van der Waals surface area contributed by atoms with Gasteiger partial charge in [-0.1, -0.05) is 26.0 Å². The molecule has 0 bridgehead atoms. The van der Waals surface area contributed by atoms with E-state index in [9.17, 15) is 9.00 Å². The lowest BCUT2D eigenvalue weighted by Gasteiger charge is -2.31. The van der Waals surface area contributed by atoms with Gasteiger partial charge >= 0.3 is 17.5 Å². The van der Waals surface area contributed by atoms with Gasteiger partial charge in [0.05, 0.1) is 25.4 Å². The van der Waals surface area contributed by atoms with Crippen molar-refractivity contribution in [2.45, 2.75) is 46.1 Å². The highest BCUT2D eigenvalue weighted by atomic mass is 32.2. The van der Waals surface area contributed by atoms with Crippen LogP contribution in [-0.2, 0) is 30.9 Å². The SMILES string of the molecule is Cc1c(Oc2ccc(C[C@H]3CO[S@](=O)OC3)cc2)ncnc1OC1CCN(C(=O)OCC(C)C)CC1. The smallest absolute Gasteiger partial charge is 0.409 e. The van der Waals surface area contributed by atoms with Crippen molar-refractivity contribution < 1.29 is 31.6 Å². The van der Waals surface area contributed by atoms with Crippen LogP contribution in [0.25, 0.3) is 0 Å². The van der Waals surface area contributed by atoms with Crippen LogP contribution in [0.4, 0.5) is 4.79 Å². The Hall–Kier alpha value is -2.76. The van der Waals surface area contributed by atoms with Crippen LogP contribution in [0.3, 0.4) is 0 Å². The Bertz CT molecular complexity index is 1030. The molecule has 0 saturated carbocycles. The summed E-state index contributed by atoms with van der Waals surface area (Å²) in [5.41, 5.74) is 1.82. The van der Waals surface area contributed by atoms with Crippen molar-refractivity contribution in [3.05, 3.63) is 41.7 Å². The highest BCUT2D eigenvalue weighted by Gasteiger charge is 2.26. The zero-order valence-electron chi connectivity index (χ0n) is 20.9. The van der Waals surface area contributed by atoms with Crippen molar-refractivity contribution in [3.8, 4) is 17.5 Å². The second-order valence-electron chi connectivity index (χ2n) is 9.47. The lowest BCUT2D eigenvalue weighted by molar-refractivity contribution is 0.0603. The molecule has 36 heavy (non-hydrogen) atoms. The van der Waals surface area contributed by atoms with Gasteiger partial charge in [0.1, 0.15) is 18.2 Å². The predicted molar refractivity (Wildman–Crippen MR) is 132 cm³/mol. The summed E-state index contributed by atoms with van der Waals surface area (Å²) >= 11 is -1.62. The number of carbonyl (C=O) groups is 1. The fourth-order valence-electron chi connectivity index (χ4n) is 3.93. The van der Waals surface area contributed by atoms with E-state index in [2.05, 4.69) is 9.97 Å². The molecular weight excluding hydrogens is 486 g/mol. The van der Waals surface area contributed by atoms with Crippen LogP contribution in [0.5, 0.6) is 17.5 Å². The fourth-order valence-corrected chi connectivity index (χ4v) is 4.60. The Labute approximate surface area is 214 Å². The van der Waals surface area contributed by atoms with Crippen LogP contribution in [0.15, 0.2) is 30.6 Å². The number of piperidine rings is 1. The van der Waals surface area contributed by atoms with Crippen molar-refractivity contribution in [1.29, 1.82) is 0 Å². The molecule has 196 valence electrons. The summed E-state index contributed by atoms with van der Waals surface area (Å²) in [6, 6.07) is 7.73. The molecule has 2 aromatic rings. The second-order valence-corrected chi connectivity index (χ2v) is 10.4. The molecule has 0 atom stereocenters. The molecule has 0 N–H and O–H groups in total. The third-order valence-electron chi connectivity index (χ3n) is 5.97. The van der Waals surface area contributed by atoms with Crippen LogP contribution < -0.4 is 9.47 Å². The number of hydrogen-bond acceptors (Lipinski definition) is 9. The van der Waals surface area contributed by atoms with Gasteiger partial charge < -0.3 is 19.1 Å². The summed E-state index contributed by atoms with van der Waals surface area (Å²) in [6.45, 7) is 8.31. The van der Waals surface area contributed by atoms with E-state index >= 15 is 0 Å². The van der Waals surface area contributed by atoms with Crippen molar-refractivity contribution in [3.63, 3.8) is 0 Å². The fraction of sp³-hybridized carbons (Fsp3) is 0.560. The first-order valence-corrected chi connectivity index (χ1v) is 13.2. The minimum absolute atomic E-state index is 0.0509. The molecule has 4 rings (SSSR count). The molecule has 2 aliphatic heterocycles. The number of likely N-dealkylation sites (tertiary alicyclic amines) is 1.